The monoisotopic (exact) mass is 211 g/mol. The topological polar surface area (TPSA) is 12.5 Å². The van der Waals surface area contributed by atoms with Crippen LogP contribution in [0, 0.1) is 5.92 Å². The molecule has 0 radical (unpaired) electrons. The van der Waals surface area contributed by atoms with Gasteiger partial charge in [0.25, 0.3) is 0 Å². The highest BCUT2D eigenvalue weighted by atomic mass is 16.5. The van der Waals surface area contributed by atoms with Crippen LogP contribution in [0.2, 0.25) is 0 Å². The van der Waals surface area contributed by atoms with Crippen LogP contribution >= 0.6 is 0 Å². The van der Waals surface area contributed by atoms with Gasteiger partial charge in [-0.15, -0.1) is 0 Å². The molecule has 0 aromatic rings. The quantitative estimate of drug-likeness (QED) is 0.696. The second-order valence-electron chi connectivity index (χ2n) is 5.92. The fourth-order valence-corrected chi connectivity index (χ4v) is 3.24. The van der Waals surface area contributed by atoms with Gasteiger partial charge in [0.2, 0.25) is 0 Å². The number of hydrogen-bond acceptors (Lipinski definition) is 2. The standard InChI is InChI=1S/C13H25NO/c1-10(2)12-8-13(6-5-7-15-13)9-14(12)11(3)4/h10-12H,5-9H2,1-4H3/t12-,13?/m0/s1. The zero-order valence-electron chi connectivity index (χ0n) is 10.6. The van der Waals surface area contributed by atoms with Crippen molar-refractivity contribution in [2.45, 2.75) is 64.6 Å². The molecule has 0 amide bonds. The normalized spacial score (nSPS) is 37.6. The molecule has 0 bridgehead atoms. The molecule has 0 aliphatic carbocycles. The van der Waals surface area contributed by atoms with E-state index in [2.05, 4.69) is 32.6 Å². The lowest BCUT2D eigenvalue weighted by atomic mass is 9.92. The number of nitrogens with zero attached hydrogens (tertiary/aromatic N) is 1. The van der Waals surface area contributed by atoms with E-state index in [0.717, 1.165) is 25.1 Å². The highest BCUT2D eigenvalue weighted by Gasteiger charge is 2.48. The van der Waals surface area contributed by atoms with Crippen LogP contribution in [0.5, 0.6) is 0 Å². The first kappa shape index (κ1) is 11.4. The van der Waals surface area contributed by atoms with Crippen molar-refractivity contribution >= 4 is 0 Å². The Kier molecular flexibility index (Phi) is 3.09. The van der Waals surface area contributed by atoms with E-state index in [4.69, 9.17) is 4.74 Å². The zero-order chi connectivity index (χ0) is 11.1. The number of rotatable bonds is 2. The zero-order valence-corrected chi connectivity index (χ0v) is 10.6. The summed E-state index contributed by atoms with van der Waals surface area (Å²) in [6.45, 7) is 11.4. The van der Waals surface area contributed by atoms with Crippen LogP contribution in [0.15, 0.2) is 0 Å². The Balaban J connectivity index is 2.11. The van der Waals surface area contributed by atoms with Gasteiger partial charge in [0, 0.05) is 25.2 Å². The van der Waals surface area contributed by atoms with E-state index in [1.165, 1.54) is 19.3 Å². The molecule has 2 fully saturated rings. The second-order valence-corrected chi connectivity index (χ2v) is 5.92. The molecule has 0 saturated carbocycles. The molecular formula is C13H25NO. The molecule has 0 aromatic carbocycles. The molecule has 1 spiro atoms. The summed E-state index contributed by atoms with van der Waals surface area (Å²) in [7, 11) is 0. The summed E-state index contributed by atoms with van der Waals surface area (Å²) >= 11 is 0. The first-order chi connectivity index (χ1) is 7.04. The lowest BCUT2D eigenvalue weighted by molar-refractivity contribution is 0.0104. The molecule has 15 heavy (non-hydrogen) atoms. The number of hydrogen-bond donors (Lipinski definition) is 0. The van der Waals surface area contributed by atoms with Gasteiger partial charge in [0.15, 0.2) is 0 Å². The van der Waals surface area contributed by atoms with E-state index in [1.807, 2.05) is 0 Å². The molecular weight excluding hydrogens is 186 g/mol. The highest BCUT2D eigenvalue weighted by molar-refractivity contribution is 5.01. The van der Waals surface area contributed by atoms with Gasteiger partial charge >= 0.3 is 0 Å². The van der Waals surface area contributed by atoms with Crippen LogP contribution in [0.3, 0.4) is 0 Å². The van der Waals surface area contributed by atoms with Crippen molar-refractivity contribution in [2.75, 3.05) is 13.2 Å². The van der Waals surface area contributed by atoms with Gasteiger partial charge in [0.05, 0.1) is 5.60 Å². The van der Waals surface area contributed by atoms with Crippen molar-refractivity contribution in [1.29, 1.82) is 0 Å². The predicted molar refractivity (Wildman–Crippen MR) is 63.0 cm³/mol. The van der Waals surface area contributed by atoms with E-state index in [9.17, 15) is 0 Å². The van der Waals surface area contributed by atoms with Crippen LogP contribution in [0.25, 0.3) is 0 Å². The average Bonchev–Trinajstić information content (AvgIpc) is 2.74. The molecule has 2 saturated heterocycles. The third-order valence-corrected chi connectivity index (χ3v) is 4.10. The Morgan fingerprint density at radius 2 is 2.00 bits per heavy atom. The summed E-state index contributed by atoms with van der Waals surface area (Å²) in [4.78, 5) is 2.65. The molecule has 88 valence electrons. The fourth-order valence-electron chi connectivity index (χ4n) is 3.24. The van der Waals surface area contributed by atoms with E-state index in [0.29, 0.717) is 6.04 Å². The van der Waals surface area contributed by atoms with Crippen LogP contribution in [0.1, 0.15) is 47.0 Å². The molecule has 2 aliphatic heterocycles. The molecule has 0 aromatic heterocycles. The average molecular weight is 211 g/mol. The smallest absolute Gasteiger partial charge is 0.0824 e. The lowest BCUT2D eigenvalue weighted by Gasteiger charge is -2.30. The largest absolute Gasteiger partial charge is 0.374 e. The Morgan fingerprint density at radius 1 is 1.27 bits per heavy atom. The first-order valence-corrected chi connectivity index (χ1v) is 6.44. The van der Waals surface area contributed by atoms with Crippen molar-refractivity contribution in [3.8, 4) is 0 Å². The molecule has 2 nitrogen and oxygen atoms in total. The SMILES string of the molecule is CC(C)[C@@H]1CC2(CCCO2)CN1C(C)C. The molecule has 2 heterocycles. The summed E-state index contributed by atoms with van der Waals surface area (Å²) in [5.74, 6) is 0.746. The van der Waals surface area contributed by atoms with Crippen molar-refractivity contribution in [3.05, 3.63) is 0 Å². The summed E-state index contributed by atoms with van der Waals surface area (Å²) in [5, 5.41) is 0. The lowest BCUT2D eigenvalue weighted by Crippen LogP contribution is -2.39. The molecule has 0 N–H and O–H groups in total. The maximum atomic E-state index is 6.02. The molecule has 2 heteroatoms. The summed E-state index contributed by atoms with van der Waals surface area (Å²) < 4.78 is 6.02. The van der Waals surface area contributed by atoms with Gasteiger partial charge in [-0.3, -0.25) is 4.90 Å². The maximum Gasteiger partial charge on any atom is 0.0824 e. The van der Waals surface area contributed by atoms with Crippen molar-refractivity contribution in [2.24, 2.45) is 5.92 Å². The van der Waals surface area contributed by atoms with Crippen LogP contribution in [-0.2, 0) is 4.74 Å². The second kappa shape index (κ2) is 4.06. The predicted octanol–water partition coefficient (Wildman–Crippen LogP) is 2.67. The molecule has 2 aliphatic rings. The Hall–Kier alpha value is -0.0800. The third kappa shape index (κ3) is 2.07. The van der Waals surface area contributed by atoms with Gasteiger partial charge in [-0.1, -0.05) is 13.8 Å². The van der Waals surface area contributed by atoms with Crippen molar-refractivity contribution in [3.63, 3.8) is 0 Å². The van der Waals surface area contributed by atoms with E-state index in [1.54, 1.807) is 0 Å². The van der Waals surface area contributed by atoms with Gasteiger partial charge in [-0.25, -0.2) is 0 Å². The minimum Gasteiger partial charge on any atom is -0.374 e. The maximum absolute atomic E-state index is 6.02. The van der Waals surface area contributed by atoms with E-state index >= 15 is 0 Å². The van der Waals surface area contributed by atoms with E-state index in [-0.39, 0.29) is 5.60 Å². The third-order valence-electron chi connectivity index (χ3n) is 4.10. The van der Waals surface area contributed by atoms with Gasteiger partial charge in [-0.05, 0) is 39.0 Å². The van der Waals surface area contributed by atoms with Gasteiger partial charge in [0.1, 0.15) is 0 Å². The molecule has 2 rings (SSSR count). The van der Waals surface area contributed by atoms with E-state index < -0.39 is 0 Å². The van der Waals surface area contributed by atoms with Crippen LogP contribution in [-0.4, -0.2) is 35.7 Å². The first-order valence-electron chi connectivity index (χ1n) is 6.44. The minimum absolute atomic E-state index is 0.221. The molecule has 1 unspecified atom stereocenters. The minimum atomic E-state index is 0.221. The van der Waals surface area contributed by atoms with Gasteiger partial charge in [-0.2, -0.15) is 0 Å². The van der Waals surface area contributed by atoms with Gasteiger partial charge < -0.3 is 4.74 Å². The van der Waals surface area contributed by atoms with Crippen LogP contribution in [0.4, 0.5) is 0 Å². The fraction of sp³-hybridized carbons (Fsp3) is 1.00. The highest BCUT2D eigenvalue weighted by Crippen LogP contribution is 2.41. The van der Waals surface area contributed by atoms with Crippen LogP contribution < -0.4 is 0 Å². The Labute approximate surface area is 94.0 Å². The molecule has 2 atom stereocenters. The van der Waals surface area contributed by atoms with Crippen molar-refractivity contribution in [1.82, 2.24) is 4.90 Å². The Morgan fingerprint density at radius 3 is 2.40 bits per heavy atom. The summed E-state index contributed by atoms with van der Waals surface area (Å²) in [5.41, 5.74) is 0.221. The summed E-state index contributed by atoms with van der Waals surface area (Å²) in [6, 6.07) is 1.38. The number of ether oxygens (including phenoxy) is 1. The number of likely N-dealkylation sites (tertiary alicyclic amines) is 1. The summed E-state index contributed by atoms with van der Waals surface area (Å²) in [6.07, 6.45) is 3.79. The van der Waals surface area contributed by atoms with Crippen molar-refractivity contribution < 1.29 is 4.74 Å². The Bertz CT molecular complexity index is 201.